The van der Waals surface area contributed by atoms with Gasteiger partial charge in [0.25, 0.3) is 0 Å². The maximum Gasteiger partial charge on any atom is 0.191 e. The van der Waals surface area contributed by atoms with E-state index in [2.05, 4.69) is 20.3 Å². The molecule has 4 atom stereocenters. The lowest BCUT2D eigenvalue weighted by molar-refractivity contribution is -0.171. The van der Waals surface area contributed by atoms with Crippen molar-refractivity contribution in [3.63, 3.8) is 0 Å². The van der Waals surface area contributed by atoms with Crippen LogP contribution in [0, 0.1) is 0 Å². The van der Waals surface area contributed by atoms with Gasteiger partial charge in [-0.2, -0.15) is 0 Å². The Hall–Kier alpha value is -1.04. The number of nitrogens with zero attached hydrogens (tertiary/aromatic N) is 5. The number of rotatable bonds is 7. The zero-order valence-corrected chi connectivity index (χ0v) is 17.2. The summed E-state index contributed by atoms with van der Waals surface area (Å²) >= 11 is 7.76. The molecule has 9 nitrogen and oxygen atoms in total. The van der Waals surface area contributed by atoms with Gasteiger partial charge in [-0.05, 0) is 20.3 Å². The van der Waals surface area contributed by atoms with Crippen LogP contribution in [0.3, 0.4) is 0 Å². The van der Waals surface area contributed by atoms with Crippen molar-refractivity contribution in [2.45, 2.75) is 68.9 Å². The molecule has 0 unspecified atom stereocenters. The van der Waals surface area contributed by atoms with E-state index in [1.54, 1.807) is 18.5 Å². The van der Waals surface area contributed by atoms with Crippen molar-refractivity contribution in [2.24, 2.45) is 0 Å². The second-order valence-corrected chi connectivity index (χ2v) is 8.51. The van der Waals surface area contributed by atoms with E-state index in [1.807, 2.05) is 6.92 Å². The molecule has 1 aliphatic carbocycles. The average Bonchev–Trinajstić information content (AvgIpc) is 3.31. The van der Waals surface area contributed by atoms with Gasteiger partial charge in [-0.1, -0.05) is 35.5 Å². The first-order valence-electron chi connectivity index (χ1n) is 11.0. The fourth-order valence-electron chi connectivity index (χ4n) is 3.62. The summed E-state index contributed by atoms with van der Waals surface area (Å²) in [5, 5.41) is 18.6. The van der Waals surface area contributed by atoms with E-state index < -0.39 is 43.3 Å². The topological polar surface area (TPSA) is 104 Å². The number of halogens is 1. The van der Waals surface area contributed by atoms with E-state index in [0.29, 0.717) is 16.3 Å². The highest BCUT2D eigenvalue weighted by Crippen LogP contribution is 2.45. The number of hydrogen-bond acceptors (Lipinski definition) is 9. The van der Waals surface area contributed by atoms with Crippen LogP contribution >= 0.6 is 23.4 Å². The number of hydrogen-bond donors (Lipinski definition) is 1. The second kappa shape index (κ2) is 8.00. The Bertz CT molecular complexity index is 1010. The Morgan fingerprint density at radius 2 is 2.18 bits per heavy atom. The monoisotopic (exact) mass is 433 g/mol. The lowest BCUT2D eigenvalue weighted by Crippen LogP contribution is -2.31. The molecule has 1 saturated carbocycles. The Morgan fingerprint density at radius 1 is 1.39 bits per heavy atom. The van der Waals surface area contributed by atoms with Gasteiger partial charge in [-0.3, -0.25) is 0 Å². The van der Waals surface area contributed by atoms with Crippen LogP contribution in [-0.4, -0.2) is 73.0 Å². The first-order valence-corrected chi connectivity index (χ1v) is 10.4. The third kappa shape index (κ3) is 3.73. The first kappa shape index (κ1) is 15.8. The highest BCUT2D eigenvalue weighted by molar-refractivity contribution is 7.99. The van der Waals surface area contributed by atoms with Crippen LogP contribution in [-0.2, 0) is 14.2 Å². The van der Waals surface area contributed by atoms with Crippen molar-refractivity contribution in [1.82, 2.24) is 25.0 Å². The predicted octanol–water partition coefficient (Wildman–Crippen LogP) is 2.22. The van der Waals surface area contributed by atoms with Crippen LogP contribution in [0.1, 0.15) is 45.1 Å². The van der Waals surface area contributed by atoms with E-state index in [9.17, 15) is 5.11 Å². The van der Waals surface area contributed by atoms with E-state index in [-0.39, 0.29) is 11.6 Å². The minimum atomic E-state index is -3.21. The third-order valence-electron chi connectivity index (χ3n) is 4.65. The van der Waals surface area contributed by atoms with Crippen LogP contribution < -0.4 is 0 Å². The SMILES string of the molecule is [2H]C([2H])(O)C([2H])([2H])O[C@H]1C[C@@H](n2nnc3c(Cl)nc(SCCC)nc32)[C@@H]2OC(C)(C)O[C@@H]21. The van der Waals surface area contributed by atoms with Gasteiger partial charge in [0.1, 0.15) is 12.2 Å². The minimum absolute atomic E-state index is 0.165. The molecule has 3 heterocycles. The van der Waals surface area contributed by atoms with Gasteiger partial charge in [0.05, 0.1) is 30.7 Å². The predicted molar refractivity (Wildman–Crippen MR) is 103 cm³/mol. The molecule has 1 aliphatic heterocycles. The summed E-state index contributed by atoms with van der Waals surface area (Å²) in [7, 11) is 0. The van der Waals surface area contributed by atoms with Crippen molar-refractivity contribution in [3.05, 3.63) is 5.15 Å². The lowest BCUT2D eigenvalue weighted by atomic mass is 10.2. The smallest absolute Gasteiger partial charge is 0.191 e. The third-order valence-corrected chi connectivity index (χ3v) is 5.97. The second-order valence-electron chi connectivity index (χ2n) is 7.09. The zero-order valence-electron chi connectivity index (χ0n) is 19.6. The molecule has 154 valence electrons. The van der Waals surface area contributed by atoms with Crippen LogP contribution in [0.2, 0.25) is 5.15 Å². The molecule has 0 aromatic carbocycles. The summed E-state index contributed by atoms with van der Waals surface area (Å²) in [5.74, 6) is -0.164. The quantitative estimate of drug-likeness (QED) is 0.399. The summed E-state index contributed by atoms with van der Waals surface area (Å²) in [6.07, 6.45) is -1.14. The van der Waals surface area contributed by atoms with Gasteiger partial charge < -0.3 is 19.3 Å². The summed E-state index contributed by atoms with van der Waals surface area (Å²) in [6, 6.07) is -0.507. The van der Waals surface area contributed by atoms with Gasteiger partial charge in [-0.15, -0.1) is 5.10 Å². The molecule has 28 heavy (non-hydrogen) atoms. The Labute approximate surface area is 177 Å². The normalized spacial score (nSPS) is 32.0. The highest BCUT2D eigenvalue weighted by atomic mass is 35.5. The molecule has 0 radical (unpaired) electrons. The van der Waals surface area contributed by atoms with Crippen molar-refractivity contribution < 1.29 is 24.8 Å². The lowest BCUT2D eigenvalue weighted by Gasteiger charge is -2.23. The van der Waals surface area contributed by atoms with Gasteiger partial charge in [-0.25, -0.2) is 14.6 Å². The first-order chi connectivity index (χ1) is 14.8. The van der Waals surface area contributed by atoms with Gasteiger partial charge in [0.2, 0.25) is 0 Å². The molecule has 4 rings (SSSR count). The summed E-state index contributed by atoms with van der Waals surface area (Å²) < 4.78 is 49.3. The fourth-order valence-corrected chi connectivity index (χ4v) is 4.57. The van der Waals surface area contributed by atoms with Crippen LogP contribution in [0.25, 0.3) is 11.2 Å². The molecule has 2 aromatic rings. The molecule has 0 spiro atoms. The Kier molecular flexibility index (Phi) is 4.50. The fraction of sp³-hybridized carbons (Fsp3) is 0.765. The average molecular weight is 434 g/mol. The summed E-state index contributed by atoms with van der Waals surface area (Å²) in [6.45, 7) is -0.687. The molecule has 2 aromatic heterocycles. The number of thioether (sulfide) groups is 1. The molecule has 2 fully saturated rings. The molecule has 1 saturated heterocycles. The van der Waals surface area contributed by atoms with Crippen molar-refractivity contribution in [1.29, 1.82) is 0 Å². The van der Waals surface area contributed by atoms with Crippen LogP contribution in [0.5, 0.6) is 0 Å². The molecule has 1 N–H and O–H groups in total. The van der Waals surface area contributed by atoms with Gasteiger partial charge in [0, 0.05) is 12.2 Å². The van der Waals surface area contributed by atoms with Crippen molar-refractivity contribution >= 4 is 34.5 Å². The molecule has 2 aliphatic rings. The van der Waals surface area contributed by atoms with Crippen LogP contribution in [0.4, 0.5) is 0 Å². The maximum absolute atomic E-state index is 9.57. The standard InChI is InChI=1S/C17H24ClN5O4S/c1-4-7-28-16-19-14(18)11-15(20-16)23(22-21-11)9-8-10(25-6-5-24)13-12(9)26-17(2,3)27-13/h9-10,12-13,24H,4-8H2,1-3H3/t9-,10+,12+,13-/m1/s1/i5D2,6D2. The van der Waals surface area contributed by atoms with Gasteiger partial charge >= 0.3 is 0 Å². The Balaban J connectivity index is 1.70. The molecule has 11 heteroatoms. The summed E-state index contributed by atoms with van der Waals surface area (Å²) in [5.41, 5.74) is 0.732. The van der Waals surface area contributed by atoms with Crippen LogP contribution in [0.15, 0.2) is 5.16 Å². The molecular weight excluding hydrogens is 406 g/mol. The van der Waals surface area contributed by atoms with Gasteiger partial charge in [0.15, 0.2) is 27.3 Å². The number of aromatic nitrogens is 5. The molecule has 0 bridgehead atoms. The number of aliphatic hydroxyl groups is 1. The zero-order chi connectivity index (χ0) is 23.5. The maximum atomic E-state index is 9.57. The van der Waals surface area contributed by atoms with Crippen molar-refractivity contribution in [3.8, 4) is 0 Å². The van der Waals surface area contributed by atoms with E-state index in [0.717, 1.165) is 12.2 Å². The molecule has 0 amide bonds. The summed E-state index contributed by atoms with van der Waals surface area (Å²) in [4.78, 5) is 8.82. The molecular formula is C17H24ClN5O4S. The Morgan fingerprint density at radius 3 is 2.93 bits per heavy atom. The largest absolute Gasteiger partial charge is 0.394 e. The highest BCUT2D eigenvalue weighted by Gasteiger charge is 2.56. The van der Waals surface area contributed by atoms with E-state index >= 15 is 0 Å². The number of ether oxygens (including phenoxy) is 3. The van der Waals surface area contributed by atoms with E-state index in [1.165, 1.54) is 11.8 Å². The van der Waals surface area contributed by atoms with E-state index in [4.69, 9.17) is 31.3 Å². The van der Waals surface area contributed by atoms with Crippen molar-refractivity contribution in [2.75, 3.05) is 18.9 Å². The minimum Gasteiger partial charge on any atom is -0.394 e. The number of fused-ring (bicyclic) bond motifs is 2.